The fraction of sp³-hybridized carbons (Fsp3) is 0.538. The molecule has 0 radical (unpaired) electrons. The molecule has 2 aromatic rings. The highest BCUT2D eigenvalue weighted by molar-refractivity contribution is 5.67. The van der Waals surface area contributed by atoms with Crippen LogP contribution in [-0.2, 0) is 6.18 Å². The minimum atomic E-state index is -4.82. The zero-order valence-electron chi connectivity index (χ0n) is 18.4. The molecule has 0 unspecified atom stereocenters. The number of hydrogen-bond acceptors (Lipinski definition) is 1. The van der Waals surface area contributed by atoms with Crippen LogP contribution in [0.15, 0.2) is 36.4 Å². The van der Waals surface area contributed by atoms with E-state index >= 15 is 0 Å². The number of alkyl halides is 3. The normalized spacial score (nSPS) is 19.4. The van der Waals surface area contributed by atoms with Crippen LogP contribution < -0.4 is 4.74 Å². The summed E-state index contributed by atoms with van der Waals surface area (Å²) in [6.45, 7) is 3.84. The van der Waals surface area contributed by atoms with Gasteiger partial charge in [0.2, 0.25) is 0 Å². The molecule has 0 N–H and O–H groups in total. The number of ether oxygens (including phenoxy) is 1. The Balaban J connectivity index is 1.74. The third-order valence-corrected chi connectivity index (χ3v) is 6.44. The Morgan fingerprint density at radius 2 is 1.58 bits per heavy atom. The summed E-state index contributed by atoms with van der Waals surface area (Å²) >= 11 is 0. The number of benzene rings is 2. The molecule has 0 atom stereocenters. The molecule has 0 aliphatic heterocycles. The number of rotatable bonds is 8. The van der Waals surface area contributed by atoms with Crippen molar-refractivity contribution in [2.45, 2.75) is 77.3 Å². The highest BCUT2D eigenvalue weighted by Gasteiger charge is 2.39. The Kier molecular flexibility index (Phi) is 8.01. The van der Waals surface area contributed by atoms with Crippen molar-refractivity contribution in [3.05, 3.63) is 53.3 Å². The smallest absolute Gasteiger partial charge is 0.422 e. The molecule has 0 amide bonds. The van der Waals surface area contributed by atoms with Gasteiger partial charge in [0.25, 0.3) is 0 Å². The van der Waals surface area contributed by atoms with E-state index in [1.807, 2.05) is 12.1 Å². The first kappa shape index (κ1) is 23.6. The first-order valence-corrected chi connectivity index (χ1v) is 11.5. The van der Waals surface area contributed by atoms with Gasteiger partial charge in [-0.25, -0.2) is 4.39 Å². The van der Waals surface area contributed by atoms with Crippen LogP contribution in [0, 0.1) is 11.7 Å². The Labute approximate surface area is 182 Å². The van der Waals surface area contributed by atoms with E-state index in [0.29, 0.717) is 11.5 Å². The van der Waals surface area contributed by atoms with Gasteiger partial charge in [-0.05, 0) is 67.7 Å². The number of hydrogen-bond donors (Lipinski definition) is 0. The molecule has 1 fully saturated rings. The predicted molar refractivity (Wildman–Crippen MR) is 117 cm³/mol. The molecule has 1 nitrogen and oxygen atoms in total. The molecular formula is C26H32F4O. The molecule has 0 heterocycles. The van der Waals surface area contributed by atoms with E-state index in [0.717, 1.165) is 18.8 Å². The minimum Gasteiger partial charge on any atom is -0.493 e. The van der Waals surface area contributed by atoms with Crippen molar-refractivity contribution in [1.82, 2.24) is 0 Å². The summed E-state index contributed by atoms with van der Waals surface area (Å²) in [5.41, 5.74) is 0.250. The van der Waals surface area contributed by atoms with Crippen molar-refractivity contribution in [1.29, 1.82) is 0 Å². The quantitative estimate of drug-likeness (QED) is 0.297. The summed E-state index contributed by atoms with van der Waals surface area (Å²) in [5, 5.41) is 0. The van der Waals surface area contributed by atoms with E-state index in [1.54, 1.807) is 19.1 Å². The molecule has 170 valence electrons. The van der Waals surface area contributed by atoms with Crippen LogP contribution in [0.1, 0.15) is 82.3 Å². The van der Waals surface area contributed by atoms with Crippen LogP contribution in [0.2, 0.25) is 0 Å². The fourth-order valence-corrected chi connectivity index (χ4v) is 4.72. The van der Waals surface area contributed by atoms with Crippen LogP contribution in [0.4, 0.5) is 17.6 Å². The highest BCUT2D eigenvalue weighted by Crippen LogP contribution is 2.42. The van der Waals surface area contributed by atoms with Gasteiger partial charge in [0.1, 0.15) is 17.1 Å². The maximum Gasteiger partial charge on any atom is 0.422 e. The fourth-order valence-electron chi connectivity index (χ4n) is 4.72. The third kappa shape index (κ3) is 5.81. The van der Waals surface area contributed by atoms with E-state index in [-0.39, 0.29) is 12.2 Å². The Morgan fingerprint density at radius 1 is 0.903 bits per heavy atom. The largest absolute Gasteiger partial charge is 0.493 e. The van der Waals surface area contributed by atoms with Crippen LogP contribution >= 0.6 is 0 Å². The van der Waals surface area contributed by atoms with Gasteiger partial charge in [-0.15, -0.1) is 0 Å². The minimum absolute atomic E-state index is 0.0391. The van der Waals surface area contributed by atoms with E-state index in [1.165, 1.54) is 56.2 Å². The lowest BCUT2D eigenvalue weighted by molar-refractivity contribution is -0.141. The van der Waals surface area contributed by atoms with Crippen LogP contribution in [0.3, 0.4) is 0 Å². The second-order valence-corrected chi connectivity index (χ2v) is 8.57. The molecule has 0 saturated heterocycles. The monoisotopic (exact) mass is 436 g/mol. The highest BCUT2D eigenvalue weighted by atomic mass is 19.4. The van der Waals surface area contributed by atoms with Gasteiger partial charge < -0.3 is 4.74 Å². The molecule has 1 aliphatic rings. The zero-order chi connectivity index (χ0) is 22.4. The van der Waals surface area contributed by atoms with Crippen molar-refractivity contribution < 1.29 is 22.3 Å². The lowest BCUT2D eigenvalue weighted by Crippen LogP contribution is -2.13. The van der Waals surface area contributed by atoms with Gasteiger partial charge in [-0.3, -0.25) is 0 Å². The number of halogens is 4. The van der Waals surface area contributed by atoms with Crippen LogP contribution in [0.5, 0.6) is 5.75 Å². The molecule has 2 aromatic carbocycles. The topological polar surface area (TPSA) is 9.23 Å². The lowest BCUT2D eigenvalue weighted by Gasteiger charge is -2.29. The molecule has 3 rings (SSSR count). The third-order valence-electron chi connectivity index (χ3n) is 6.44. The molecule has 0 bridgehead atoms. The average molecular weight is 437 g/mol. The van der Waals surface area contributed by atoms with Crippen molar-refractivity contribution in [3.8, 4) is 16.9 Å². The molecule has 5 heteroatoms. The van der Waals surface area contributed by atoms with E-state index in [9.17, 15) is 17.6 Å². The first-order valence-electron chi connectivity index (χ1n) is 11.5. The van der Waals surface area contributed by atoms with Crippen molar-refractivity contribution in [2.24, 2.45) is 5.92 Å². The second-order valence-electron chi connectivity index (χ2n) is 8.57. The standard InChI is InChI=1S/C26H32F4O/c1-3-5-6-7-18-8-10-19(11-9-18)20-12-14-21(15-13-20)22-16-17-23(31-4-2)24(25(22)27)26(28,29)30/h12-19H,3-11H2,1-2H3. The summed E-state index contributed by atoms with van der Waals surface area (Å²) < 4.78 is 60.2. The lowest BCUT2D eigenvalue weighted by atomic mass is 9.77. The van der Waals surface area contributed by atoms with Gasteiger partial charge in [0.05, 0.1) is 6.61 Å². The Morgan fingerprint density at radius 3 is 2.16 bits per heavy atom. The average Bonchev–Trinajstić information content (AvgIpc) is 2.74. The van der Waals surface area contributed by atoms with Crippen LogP contribution in [-0.4, -0.2) is 6.61 Å². The SMILES string of the molecule is CCCCCC1CCC(c2ccc(-c3ccc(OCC)c(C(F)(F)F)c3F)cc2)CC1. The van der Waals surface area contributed by atoms with Gasteiger partial charge in [0, 0.05) is 5.56 Å². The summed E-state index contributed by atoms with van der Waals surface area (Å²) in [5.74, 6) is -0.449. The van der Waals surface area contributed by atoms with E-state index in [2.05, 4.69) is 6.92 Å². The van der Waals surface area contributed by atoms with Crippen molar-refractivity contribution in [2.75, 3.05) is 6.61 Å². The molecule has 0 spiro atoms. The summed E-state index contributed by atoms with van der Waals surface area (Å²) in [7, 11) is 0. The number of unbranched alkanes of at least 4 members (excludes halogenated alkanes) is 2. The maximum atomic E-state index is 14.9. The van der Waals surface area contributed by atoms with Gasteiger partial charge in [-0.1, -0.05) is 56.9 Å². The maximum absolute atomic E-state index is 14.9. The summed E-state index contributed by atoms with van der Waals surface area (Å²) in [6, 6.07) is 9.94. The first-order chi connectivity index (χ1) is 14.8. The Hall–Kier alpha value is -2.04. The Bertz CT molecular complexity index is 834. The molecule has 31 heavy (non-hydrogen) atoms. The molecular weight excluding hydrogens is 404 g/mol. The zero-order valence-corrected chi connectivity index (χ0v) is 18.4. The molecule has 0 aromatic heterocycles. The predicted octanol–water partition coefficient (Wildman–Crippen LogP) is 8.76. The summed E-state index contributed by atoms with van der Waals surface area (Å²) in [4.78, 5) is 0. The van der Waals surface area contributed by atoms with E-state index < -0.39 is 23.3 Å². The van der Waals surface area contributed by atoms with E-state index in [4.69, 9.17) is 4.74 Å². The van der Waals surface area contributed by atoms with Gasteiger partial charge in [-0.2, -0.15) is 13.2 Å². The molecule has 1 aliphatic carbocycles. The summed E-state index contributed by atoms with van der Waals surface area (Å²) in [6.07, 6.45) is 5.13. The van der Waals surface area contributed by atoms with Gasteiger partial charge >= 0.3 is 6.18 Å². The van der Waals surface area contributed by atoms with Gasteiger partial charge in [0.15, 0.2) is 0 Å². The molecule has 1 saturated carbocycles. The van der Waals surface area contributed by atoms with Crippen molar-refractivity contribution in [3.63, 3.8) is 0 Å². The van der Waals surface area contributed by atoms with Crippen molar-refractivity contribution >= 4 is 0 Å². The van der Waals surface area contributed by atoms with Crippen LogP contribution in [0.25, 0.3) is 11.1 Å². The second kappa shape index (κ2) is 10.5.